The molecule has 0 aliphatic heterocycles. The first-order valence-electron chi connectivity index (χ1n) is 3.04. The summed E-state index contributed by atoms with van der Waals surface area (Å²) in [6.07, 6.45) is -1.15. The molecule has 11 heavy (non-hydrogen) atoms. The predicted octanol–water partition coefficient (Wildman–Crippen LogP) is 0.158. The number of carboxylic acid groups (broad SMARTS) is 1. The van der Waals surface area contributed by atoms with Gasteiger partial charge >= 0.3 is 12.1 Å². The largest absolute Gasteiger partial charge is 0.467 e. The first-order valence-corrected chi connectivity index (χ1v) is 3.04. The van der Waals surface area contributed by atoms with Gasteiger partial charge in [-0.05, 0) is 6.92 Å². The van der Waals surface area contributed by atoms with E-state index in [1.807, 2.05) is 0 Å². The summed E-state index contributed by atoms with van der Waals surface area (Å²) in [7, 11) is 2.53. The van der Waals surface area contributed by atoms with Crippen LogP contribution in [0.2, 0.25) is 0 Å². The van der Waals surface area contributed by atoms with Gasteiger partial charge in [0.1, 0.15) is 6.04 Å². The molecule has 0 radical (unpaired) electrons. The van der Waals surface area contributed by atoms with Crippen molar-refractivity contribution in [3.8, 4) is 0 Å². The van der Waals surface area contributed by atoms with Crippen LogP contribution in [0.4, 0.5) is 4.79 Å². The van der Waals surface area contributed by atoms with Crippen LogP contribution in [0.5, 0.6) is 0 Å². The summed E-state index contributed by atoms with van der Waals surface area (Å²) in [5.74, 6) is -0.560. The van der Waals surface area contributed by atoms with Gasteiger partial charge in [0.2, 0.25) is 0 Å². The highest BCUT2D eigenvalue weighted by Crippen LogP contribution is 1.97. The van der Waals surface area contributed by atoms with Crippen molar-refractivity contribution in [2.24, 2.45) is 0 Å². The predicted molar refractivity (Wildman–Crippen MR) is 37.3 cm³/mol. The summed E-state index contributed by atoms with van der Waals surface area (Å²) < 4.78 is 4.34. The van der Waals surface area contributed by atoms with E-state index in [4.69, 9.17) is 5.11 Å². The van der Waals surface area contributed by atoms with Crippen molar-refractivity contribution in [1.29, 1.82) is 0 Å². The van der Waals surface area contributed by atoms with Gasteiger partial charge in [-0.25, -0.2) is 9.59 Å². The SMILES string of the molecule is COC(=O)[C@H](C)N(C)C(=O)O. The Balaban J connectivity index is 4.12. The molecular weight excluding hydrogens is 150 g/mol. The molecule has 0 fully saturated rings. The second-order valence-electron chi connectivity index (χ2n) is 2.09. The van der Waals surface area contributed by atoms with E-state index in [9.17, 15) is 9.59 Å². The smallest absolute Gasteiger partial charge is 0.407 e. The molecule has 0 aliphatic rings. The van der Waals surface area contributed by atoms with E-state index >= 15 is 0 Å². The van der Waals surface area contributed by atoms with Crippen LogP contribution in [0.3, 0.4) is 0 Å². The van der Waals surface area contributed by atoms with E-state index in [1.54, 1.807) is 0 Å². The third kappa shape index (κ3) is 2.45. The zero-order valence-electron chi connectivity index (χ0n) is 6.70. The number of amides is 1. The van der Waals surface area contributed by atoms with Crippen molar-refractivity contribution in [3.63, 3.8) is 0 Å². The topological polar surface area (TPSA) is 66.8 Å². The Morgan fingerprint density at radius 3 is 2.27 bits per heavy atom. The maximum absolute atomic E-state index is 10.7. The van der Waals surface area contributed by atoms with Gasteiger partial charge in [-0.1, -0.05) is 0 Å². The number of esters is 1. The lowest BCUT2D eigenvalue weighted by atomic mass is 10.3. The van der Waals surface area contributed by atoms with Gasteiger partial charge in [-0.15, -0.1) is 0 Å². The average Bonchev–Trinajstić information content (AvgIpc) is 2.00. The Kier molecular flexibility index (Phi) is 3.36. The number of methoxy groups -OCH3 is 1. The summed E-state index contributed by atoms with van der Waals surface area (Å²) in [4.78, 5) is 21.9. The molecule has 0 spiro atoms. The van der Waals surface area contributed by atoms with E-state index in [2.05, 4.69) is 4.74 Å². The first kappa shape index (κ1) is 9.74. The van der Waals surface area contributed by atoms with Crippen molar-refractivity contribution in [2.45, 2.75) is 13.0 Å². The van der Waals surface area contributed by atoms with Gasteiger partial charge in [0.15, 0.2) is 0 Å². The van der Waals surface area contributed by atoms with E-state index < -0.39 is 18.1 Å². The minimum Gasteiger partial charge on any atom is -0.467 e. The maximum atomic E-state index is 10.7. The molecule has 0 aromatic rings. The Labute approximate surface area is 64.6 Å². The summed E-state index contributed by atoms with van der Waals surface area (Å²) in [5.41, 5.74) is 0. The van der Waals surface area contributed by atoms with Crippen molar-refractivity contribution in [3.05, 3.63) is 0 Å². The molecule has 0 aromatic carbocycles. The Morgan fingerprint density at radius 1 is 1.55 bits per heavy atom. The lowest BCUT2D eigenvalue weighted by molar-refractivity contribution is -0.145. The van der Waals surface area contributed by atoms with Crippen LogP contribution in [0.15, 0.2) is 0 Å². The fourth-order valence-electron chi connectivity index (χ4n) is 0.494. The highest BCUT2D eigenvalue weighted by Gasteiger charge is 2.21. The number of rotatable bonds is 2. The first-order chi connectivity index (χ1) is 5.00. The molecule has 5 heteroatoms. The zero-order valence-corrected chi connectivity index (χ0v) is 6.70. The van der Waals surface area contributed by atoms with Crippen LogP contribution in [0.1, 0.15) is 6.92 Å². The summed E-state index contributed by atoms with van der Waals surface area (Å²) in [6, 6.07) is -0.752. The van der Waals surface area contributed by atoms with Gasteiger partial charge in [-0.3, -0.25) is 4.90 Å². The molecule has 1 atom stereocenters. The standard InChI is InChI=1S/C6H11NO4/c1-4(5(8)11-3)7(2)6(9)10/h4H,1-3H3,(H,9,10)/t4-/m0/s1. The highest BCUT2D eigenvalue weighted by molar-refractivity contribution is 5.80. The van der Waals surface area contributed by atoms with E-state index in [-0.39, 0.29) is 0 Å². The van der Waals surface area contributed by atoms with Gasteiger partial charge in [0, 0.05) is 7.05 Å². The molecule has 0 heterocycles. The Hall–Kier alpha value is -1.26. The van der Waals surface area contributed by atoms with Gasteiger partial charge in [0.05, 0.1) is 7.11 Å². The quantitative estimate of drug-likeness (QED) is 0.586. The molecule has 1 N–H and O–H groups in total. The second-order valence-corrected chi connectivity index (χ2v) is 2.09. The minimum atomic E-state index is -1.15. The molecular formula is C6H11NO4. The monoisotopic (exact) mass is 161 g/mol. The molecule has 64 valence electrons. The van der Waals surface area contributed by atoms with Crippen LogP contribution < -0.4 is 0 Å². The van der Waals surface area contributed by atoms with Crippen molar-refractivity contribution < 1.29 is 19.4 Å². The molecule has 0 aromatic heterocycles. The van der Waals surface area contributed by atoms with Gasteiger partial charge in [-0.2, -0.15) is 0 Å². The highest BCUT2D eigenvalue weighted by atomic mass is 16.5. The van der Waals surface area contributed by atoms with E-state index in [1.165, 1.54) is 21.1 Å². The maximum Gasteiger partial charge on any atom is 0.407 e. The normalized spacial score (nSPS) is 11.9. The van der Waals surface area contributed by atoms with Crippen LogP contribution in [0, 0.1) is 0 Å². The molecule has 0 aliphatic carbocycles. The number of likely N-dealkylation sites (N-methyl/N-ethyl adjacent to an activating group) is 1. The van der Waals surface area contributed by atoms with Crippen LogP contribution in [-0.2, 0) is 9.53 Å². The molecule has 0 rings (SSSR count). The van der Waals surface area contributed by atoms with Crippen molar-refractivity contribution >= 4 is 12.1 Å². The number of nitrogens with zero attached hydrogens (tertiary/aromatic N) is 1. The van der Waals surface area contributed by atoms with E-state index in [0.717, 1.165) is 4.90 Å². The lowest BCUT2D eigenvalue weighted by Gasteiger charge is -2.18. The minimum absolute atomic E-state index is 0.560. The van der Waals surface area contributed by atoms with E-state index in [0.29, 0.717) is 0 Å². The Bertz CT molecular complexity index is 168. The lowest BCUT2D eigenvalue weighted by Crippen LogP contribution is -2.40. The third-order valence-corrected chi connectivity index (χ3v) is 1.42. The van der Waals surface area contributed by atoms with Gasteiger partial charge in [0.25, 0.3) is 0 Å². The van der Waals surface area contributed by atoms with Crippen molar-refractivity contribution in [2.75, 3.05) is 14.2 Å². The zero-order chi connectivity index (χ0) is 9.02. The average molecular weight is 161 g/mol. The van der Waals surface area contributed by atoms with Crippen LogP contribution in [-0.4, -0.2) is 42.3 Å². The van der Waals surface area contributed by atoms with Crippen LogP contribution in [0.25, 0.3) is 0 Å². The Morgan fingerprint density at radius 2 is 2.00 bits per heavy atom. The molecule has 0 saturated carbocycles. The summed E-state index contributed by atoms with van der Waals surface area (Å²) in [6.45, 7) is 1.46. The number of carbonyl (C=O) groups excluding carboxylic acids is 1. The van der Waals surface area contributed by atoms with Crippen LogP contribution >= 0.6 is 0 Å². The number of carbonyl (C=O) groups is 2. The molecule has 1 amide bonds. The number of ether oxygens (including phenoxy) is 1. The van der Waals surface area contributed by atoms with Gasteiger partial charge < -0.3 is 9.84 Å². The fourth-order valence-corrected chi connectivity index (χ4v) is 0.494. The second kappa shape index (κ2) is 3.80. The number of hydrogen-bond donors (Lipinski definition) is 1. The summed E-state index contributed by atoms with van der Waals surface area (Å²) >= 11 is 0. The molecule has 5 nitrogen and oxygen atoms in total. The third-order valence-electron chi connectivity index (χ3n) is 1.42. The molecule has 0 saturated heterocycles. The number of hydrogen-bond acceptors (Lipinski definition) is 3. The molecule has 0 bridgehead atoms. The molecule has 0 unspecified atom stereocenters. The summed E-state index contributed by atoms with van der Waals surface area (Å²) in [5, 5.41) is 8.41. The fraction of sp³-hybridized carbons (Fsp3) is 0.667. The van der Waals surface area contributed by atoms with Crippen molar-refractivity contribution in [1.82, 2.24) is 4.90 Å².